The number of likely N-dealkylation sites (tertiary alicyclic amines) is 1. The summed E-state index contributed by atoms with van der Waals surface area (Å²) < 4.78 is 31.6. The molecule has 1 atom stereocenters. The van der Waals surface area contributed by atoms with Gasteiger partial charge in [0.15, 0.2) is 5.75 Å². The number of piperidine rings is 1. The molecule has 1 saturated heterocycles. The Morgan fingerprint density at radius 3 is 2.46 bits per heavy atom. The second kappa shape index (κ2) is 7.91. The molecule has 0 N–H and O–H groups in total. The summed E-state index contributed by atoms with van der Waals surface area (Å²) in [4.78, 5) is 11.0. The van der Waals surface area contributed by atoms with Gasteiger partial charge in [-0.05, 0) is 33.6 Å². The van der Waals surface area contributed by atoms with Crippen LogP contribution in [0, 0.1) is 19.7 Å². The zero-order valence-corrected chi connectivity index (χ0v) is 16.6. The van der Waals surface area contributed by atoms with Crippen molar-refractivity contribution in [1.82, 2.24) is 14.9 Å². The molecule has 4 heterocycles. The minimum Gasteiger partial charge on any atom is -0.490 e. The van der Waals surface area contributed by atoms with Crippen molar-refractivity contribution in [3.05, 3.63) is 41.1 Å². The molecule has 0 saturated carbocycles. The molecule has 0 spiro atoms. The summed E-state index contributed by atoms with van der Waals surface area (Å²) in [5.74, 6) is 1.29. The Bertz CT molecular complexity index is 833. The molecular formula is C21H26FN3O3. The molecule has 150 valence electrons. The minimum atomic E-state index is -0.349. The van der Waals surface area contributed by atoms with Crippen molar-refractivity contribution in [3.8, 4) is 17.4 Å². The number of halogens is 1. The molecule has 4 rings (SSSR count). The molecule has 2 aromatic heterocycles. The van der Waals surface area contributed by atoms with E-state index >= 15 is 0 Å². The van der Waals surface area contributed by atoms with Gasteiger partial charge >= 0.3 is 0 Å². The van der Waals surface area contributed by atoms with Crippen molar-refractivity contribution < 1.29 is 18.6 Å². The summed E-state index contributed by atoms with van der Waals surface area (Å²) in [6.45, 7) is 8.44. The highest BCUT2D eigenvalue weighted by molar-refractivity contribution is 5.37. The van der Waals surface area contributed by atoms with Crippen LogP contribution in [0.4, 0.5) is 4.39 Å². The smallest absolute Gasteiger partial charge is 0.257 e. The largest absolute Gasteiger partial charge is 0.490 e. The third-order valence-corrected chi connectivity index (χ3v) is 5.29. The quantitative estimate of drug-likeness (QED) is 0.799. The van der Waals surface area contributed by atoms with E-state index in [1.165, 1.54) is 6.07 Å². The maximum Gasteiger partial charge on any atom is 0.257 e. The van der Waals surface area contributed by atoms with E-state index in [1.807, 2.05) is 32.9 Å². The summed E-state index contributed by atoms with van der Waals surface area (Å²) in [6, 6.07) is 5.19. The van der Waals surface area contributed by atoms with E-state index in [0.29, 0.717) is 30.5 Å². The molecule has 7 heteroatoms. The molecular weight excluding hydrogens is 361 g/mol. The predicted octanol–water partition coefficient (Wildman–Crippen LogP) is 3.61. The molecule has 1 fully saturated rings. The zero-order chi connectivity index (χ0) is 19.7. The van der Waals surface area contributed by atoms with E-state index in [-0.39, 0.29) is 18.0 Å². The first kappa shape index (κ1) is 18.9. The first-order valence-electron chi connectivity index (χ1n) is 9.81. The van der Waals surface area contributed by atoms with E-state index in [1.54, 1.807) is 0 Å². The van der Waals surface area contributed by atoms with Crippen molar-refractivity contribution in [2.75, 3.05) is 26.3 Å². The van der Waals surface area contributed by atoms with E-state index in [9.17, 15) is 4.39 Å². The van der Waals surface area contributed by atoms with Crippen LogP contribution in [0.15, 0.2) is 18.2 Å². The molecule has 2 aliphatic rings. The number of fused-ring (bicyclic) bond motifs is 1. The van der Waals surface area contributed by atoms with Crippen molar-refractivity contribution in [1.29, 1.82) is 0 Å². The molecule has 6 nitrogen and oxygen atoms in total. The SMILES string of the molecule is Cc1cc(OC2CCN([C@@H](C)c3nc4c(cc3F)OCCO4)CC2)cc(C)n1. The van der Waals surface area contributed by atoms with Crippen LogP contribution in [-0.2, 0) is 0 Å². The zero-order valence-electron chi connectivity index (χ0n) is 16.6. The van der Waals surface area contributed by atoms with E-state index in [0.717, 1.165) is 43.1 Å². The van der Waals surface area contributed by atoms with Crippen LogP contribution in [0.5, 0.6) is 17.4 Å². The van der Waals surface area contributed by atoms with Crippen molar-refractivity contribution in [2.24, 2.45) is 0 Å². The fourth-order valence-corrected chi connectivity index (χ4v) is 3.87. The maximum absolute atomic E-state index is 14.6. The second-order valence-corrected chi connectivity index (χ2v) is 7.47. The highest BCUT2D eigenvalue weighted by Gasteiger charge is 2.28. The topological polar surface area (TPSA) is 56.7 Å². The van der Waals surface area contributed by atoms with Gasteiger partial charge in [0.2, 0.25) is 0 Å². The summed E-state index contributed by atoms with van der Waals surface area (Å²) in [7, 11) is 0. The Hall–Kier alpha value is -2.41. The van der Waals surface area contributed by atoms with Crippen LogP contribution in [-0.4, -0.2) is 47.3 Å². The van der Waals surface area contributed by atoms with Crippen LogP contribution in [0.2, 0.25) is 0 Å². The molecule has 0 bridgehead atoms. The molecule has 0 unspecified atom stereocenters. The minimum absolute atomic E-state index is 0.137. The average molecular weight is 387 g/mol. The number of aromatic nitrogens is 2. The van der Waals surface area contributed by atoms with Gasteiger partial charge in [0.25, 0.3) is 5.88 Å². The van der Waals surface area contributed by atoms with Gasteiger partial charge in [-0.25, -0.2) is 9.37 Å². The predicted molar refractivity (Wildman–Crippen MR) is 103 cm³/mol. The molecule has 0 aliphatic carbocycles. The van der Waals surface area contributed by atoms with E-state index < -0.39 is 0 Å². The van der Waals surface area contributed by atoms with Crippen molar-refractivity contribution in [3.63, 3.8) is 0 Å². The van der Waals surface area contributed by atoms with Crippen molar-refractivity contribution in [2.45, 2.75) is 45.8 Å². The van der Waals surface area contributed by atoms with Gasteiger partial charge in [0.1, 0.15) is 30.9 Å². The van der Waals surface area contributed by atoms with E-state index in [2.05, 4.69) is 14.9 Å². The fourth-order valence-electron chi connectivity index (χ4n) is 3.87. The van der Waals surface area contributed by atoms with Crippen LogP contribution >= 0.6 is 0 Å². The molecule has 2 aliphatic heterocycles. The number of rotatable bonds is 4. The molecule has 0 aromatic carbocycles. The number of pyridine rings is 2. The van der Waals surface area contributed by atoms with E-state index in [4.69, 9.17) is 14.2 Å². The lowest BCUT2D eigenvalue weighted by Gasteiger charge is -2.36. The van der Waals surface area contributed by atoms with Gasteiger partial charge in [-0.15, -0.1) is 0 Å². The summed E-state index contributed by atoms with van der Waals surface area (Å²) >= 11 is 0. The normalized spacial score (nSPS) is 18.7. The highest BCUT2D eigenvalue weighted by atomic mass is 19.1. The van der Waals surface area contributed by atoms with Gasteiger partial charge in [-0.2, -0.15) is 0 Å². The van der Waals surface area contributed by atoms with Crippen LogP contribution in [0.3, 0.4) is 0 Å². The monoisotopic (exact) mass is 387 g/mol. The Morgan fingerprint density at radius 2 is 1.75 bits per heavy atom. The van der Waals surface area contributed by atoms with Crippen LogP contribution < -0.4 is 14.2 Å². The summed E-state index contributed by atoms with van der Waals surface area (Å²) in [6.07, 6.45) is 1.93. The lowest BCUT2D eigenvalue weighted by Crippen LogP contribution is -2.40. The Labute approximate surface area is 164 Å². The molecule has 0 radical (unpaired) electrons. The van der Waals surface area contributed by atoms with Gasteiger partial charge in [0.05, 0.1) is 11.7 Å². The maximum atomic E-state index is 14.6. The van der Waals surface area contributed by atoms with Gasteiger partial charge in [0, 0.05) is 42.7 Å². The van der Waals surface area contributed by atoms with Crippen molar-refractivity contribution >= 4 is 0 Å². The fraction of sp³-hybridized carbons (Fsp3) is 0.524. The number of hydrogen-bond acceptors (Lipinski definition) is 6. The first-order valence-corrected chi connectivity index (χ1v) is 9.81. The Morgan fingerprint density at radius 1 is 1.07 bits per heavy atom. The lowest BCUT2D eigenvalue weighted by molar-refractivity contribution is 0.0768. The van der Waals surface area contributed by atoms with Gasteiger partial charge in [-0.3, -0.25) is 9.88 Å². The summed E-state index contributed by atoms with van der Waals surface area (Å²) in [5, 5.41) is 0. The molecule has 0 amide bonds. The number of nitrogens with zero attached hydrogens (tertiary/aromatic N) is 3. The highest BCUT2D eigenvalue weighted by Crippen LogP contribution is 2.34. The summed E-state index contributed by atoms with van der Waals surface area (Å²) in [5.41, 5.74) is 2.33. The number of hydrogen-bond donors (Lipinski definition) is 0. The van der Waals surface area contributed by atoms with Crippen LogP contribution in [0.25, 0.3) is 0 Å². The van der Waals surface area contributed by atoms with Crippen LogP contribution in [0.1, 0.15) is 42.9 Å². The third-order valence-electron chi connectivity index (χ3n) is 5.29. The molecule has 28 heavy (non-hydrogen) atoms. The van der Waals surface area contributed by atoms with Gasteiger partial charge < -0.3 is 14.2 Å². The lowest BCUT2D eigenvalue weighted by atomic mass is 10.0. The number of ether oxygens (including phenoxy) is 3. The van der Waals surface area contributed by atoms with Gasteiger partial charge in [-0.1, -0.05) is 0 Å². The first-order chi connectivity index (χ1) is 13.5. The Kier molecular flexibility index (Phi) is 5.35. The number of aryl methyl sites for hydroxylation is 2. The molecule has 2 aromatic rings. The third kappa shape index (κ3) is 4.04. The Balaban J connectivity index is 1.39. The standard InChI is InChI=1S/C21H26FN3O3/c1-13-10-17(11-14(2)23-13)28-16-4-6-25(7-5-16)15(3)20-18(22)12-19-21(24-20)27-9-8-26-19/h10-12,15-16H,4-9H2,1-3H3/t15-/m0/s1. The average Bonchev–Trinajstić information content (AvgIpc) is 2.67. The second-order valence-electron chi connectivity index (χ2n) is 7.47.